The maximum absolute atomic E-state index is 10.8. The summed E-state index contributed by atoms with van der Waals surface area (Å²) < 4.78 is 0. The zero-order valence-electron chi connectivity index (χ0n) is 9.50. The number of H-pyrrole nitrogens is 1. The van der Waals surface area contributed by atoms with Crippen LogP contribution >= 0.6 is 23.2 Å². The van der Waals surface area contributed by atoms with Crippen LogP contribution in [0.4, 0.5) is 0 Å². The summed E-state index contributed by atoms with van der Waals surface area (Å²) >= 11 is 11.6. The van der Waals surface area contributed by atoms with Gasteiger partial charge < -0.3 is 1.43 Å². The predicted molar refractivity (Wildman–Crippen MR) is 61.4 cm³/mol. The monoisotopic (exact) mass is 280 g/mol. The largest absolute Gasteiger partial charge is 1.00 e. The summed E-state index contributed by atoms with van der Waals surface area (Å²) in [5.74, 6) is 0. The Morgan fingerprint density at radius 3 is 2.44 bits per heavy atom. The zero-order chi connectivity index (χ0) is 10.8. The van der Waals surface area contributed by atoms with Gasteiger partial charge in [0.1, 0.15) is 0 Å². The SMILES string of the molecule is O=c1ccc(-c2ccc(Cl)c(Cl)c2)n[nH]1.[H-].[K+]. The molecule has 0 atom stereocenters. The molecule has 1 heterocycles. The molecule has 0 radical (unpaired) electrons. The normalized spacial score (nSPS) is 9.62. The van der Waals surface area contributed by atoms with Crippen LogP contribution in [0, 0.1) is 0 Å². The van der Waals surface area contributed by atoms with Gasteiger partial charge in [0.05, 0.1) is 15.7 Å². The third kappa shape index (κ3) is 3.40. The Labute approximate surface area is 146 Å². The van der Waals surface area contributed by atoms with Crippen molar-refractivity contribution in [2.45, 2.75) is 0 Å². The van der Waals surface area contributed by atoms with Gasteiger partial charge in [-0.15, -0.1) is 0 Å². The third-order valence-electron chi connectivity index (χ3n) is 1.89. The second-order valence-electron chi connectivity index (χ2n) is 2.94. The molecule has 1 aromatic carbocycles. The minimum atomic E-state index is -0.237. The molecule has 6 heteroatoms. The number of hydrogen-bond acceptors (Lipinski definition) is 2. The summed E-state index contributed by atoms with van der Waals surface area (Å²) in [6, 6.07) is 8.20. The van der Waals surface area contributed by atoms with Gasteiger partial charge in [-0.3, -0.25) is 4.79 Å². The number of nitrogens with one attached hydrogen (secondary N) is 1. The van der Waals surface area contributed by atoms with E-state index in [9.17, 15) is 4.79 Å². The Hall–Kier alpha value is 0.316. The molecule has 0 spiro atoms. The van der Waals surface area contributed by atoms with Gasteiger partial charge in [-0.1, -0.05) is 29.3 Å². The molecule has 0 aliphatic rings. The van der Waals surface area contributed by atoms with Gasteiger partial charge >= 0.3 is 51.4 Å². The summed E-state index contributed by atoms with van der Waals surface area (Å²) in [7, 11) is 0. The van der Waals surface area contributed by atoms with E-state index in [0.29, 0.717) is 15.7 Å². The third-order valence-corrected chi connectivity index (χ3v) is 2.63. The van der Waals surface area contributed by atoms with Crippen molar-refractivity contribution in [3.8, 4) is 11.3 Å². The van der Waals surface area contributed by atoms with Crippen LogP contribution in [0.25, 0.3) is 11.3 Å². The fourth-order valence-electron chi connectivity index (χ4n) is 1.16. The molecule has 16 heavy (non-hydrogen) atoms. The van der Waals surface area contributed by atoms with Crippen molar-refractivity contribution in [1.82, 2.24) is 10.2 Å². The molecule has 2 aromatic rings. The van der Waals surface area contributed by atoms with Crippen LogP contribution in [-0.2, 0) is 0 Å². The minimum Gasteiger partial charge on any atom is -1.00 e. The van der Waals surface area contributed by atoms with E-state index < -0.39 is 0 Å². The van der Waals surface area contributed by atoms with E-state index in [-0.39, 0.29) is 58.4 Å². The van der Waals surface area contributed by atoms with Crippen LogP contribution in [0.15, 0.2) is 35.1 Å². The van der Waals surface area contributed by atoms with Crippen molar-refractivity contribution in [2.75, 3.05) is 0 Å². The number of aromatic nitrogens is 2. The number of rotatable bonds is 1. The fraction of sp³-hybridized carbons (Fsp3) is 0. The van der Waals surface area contributed by atoms with Crippen LogP contribution in [-0.4, -0.2) is 10.2 Å². The van der Waals surface area contributed by atoms with Gasteiger partial charge in [-0.2, -0.15) is 5.10 Å². The van der Waals surface area contributed by atoms with E-state index in [0.717, 1.165) is 5.56 Å². The number of hydrogen-bond donors (Lipinski definition) is 1. The number of benzene rings is 1. The standard InChI is InChI=1S/C10H6Cl2N2O.K.H/c11-7-2-1-6(5-8(7)12)9-3-4-10(15)14-13-9;;/h1-5H,(H,14,15);;/q;+1;-1. The molecule has 0 saturated heterocycles. The van der Waals surface area contributed by atoms with Crippen molar-refractivity contribution in [3.63, 3.8) is 0 Å². The van der Waals surface area contributed by atoms with E-state index in [2.05, 4.69) is 10.2 Å². The Balaban J connectivity index is 0.00000128. The predicted octanol–water partition coefficient (Wildman–Crippen LogP) is -0.140. The smallest absolute Gasteiger partial charge is 1.00 e. The first kappa shape index (κ1) is 14.4. The topological polar surface area (TPSA) is 45.8 Å². The second kappa shape index (κ2) is 6.30. The molecule has 0 aliphatic heterocycles. The first-order chi connectivity index (χ1) is 7.16. The second-order valence-corrected chi connectivity index (χ2v) is 3.75. The number of aromatic amines is 1. The summed E-state index contributed by atoms with van der Waals surface area (Å²) in [6.07, 6.45) is 0. The van der Waals surface area contributed by atoms with Crippen LogP contribution in [0.5, 0.6) is 0 Å². The van der Waals surface area contributed by atoms with Gasteiger partial charge in [0, 0.05) is 11.6 Å². The van der Waals surface area contributed by atoms with Gasteiger partial charge in [-0.25, -0.2) is 5.10 Å². The van der Waals surface area contributed by atoms with Crippen LogP contribution in [0.1, 0.15) is 1.43 Å². The average Bonchev–Trinajstić information content (AvgIpc) is 2.23. The molecule has 0 saturated carbocycles. The van der Waals surface area contributed by atoms with E-state index in [4.69, 9.17) is 23.2 Å². The van der Waals surface area contributed by atoms with Crippen LogP contribution < -0.4 is 56.9 Å². The average molecular weight is 281 g/mol. The molecule has 1 aromatic heterocycles. The molecular weight excluding hydrogens is 274 g/mol. The minimum absolute atomic E-state index is 0. The zero-order valence-corrected chi connectivity index (χ0v) is 13.1. The molecule has 1 N–H and O–H groups in total. The van der Waals surface area contributed by atoms with Gasteiger partial charge in [-0.05, 0) is 18.2 Å². The van der Waals surface area contributed by atoms with Crippen LogP contribution in [0.3, 0.4) is 0 Å². The molecule has 0 fully saturated rings. The van der Waals surface area contributed by atoms with E-state index >= 15 is 0 Å². The molecule has 0 bridgehead atoms. The molecule has 78 valence electrons. The summed E-state index contributed by atoms with van der Waals surface area (Å²) in [4.78, 5) is 10.8. The number of halogens is 2. The van der Waals surface area contributed by atoms with Gasteiger partial charge in [0.15, 0.2) is 0 Å². The Kier molecular flexibility index (Phi) is 5.66. The molecule has 3 nitrogen and oxygen atoms in total. The van der Waals surface area contributed by atoms with Crippen molar-refractivity contribution in [3.05, 3.63) is 50.7 Å². The maximum atomic E-state index is 10.8. The summed E-state index contributed by atoms with van der Waals surface area (Å²) in [5.41, 5.74) is 1.22. The van der Waals surface area contributed by atoms with Gasteiger partial charge in [0.25, 0.3) is 5.56 Å². The maximum Gasteiger partial charge on any atom is 1.00 e. The number of nitrogens with zero attached hydrogens (tertiary/aromatic N) is 1. The van der Waals surface area contributed by atoms with E-state index in [1.165, 1.54) is 6.07 Å². The van der Waals surface area contributed by atoms with Crippen molar-refractivity contribution < 1.29 is 52.8 Å². The van der Waals surface area contributed by atoms with E-state index in [1.807, 2.05) is 0 Å². The Bertz CT molecular complexity index is 542. The first-order valence-corrected chi connectivity index (χ1v) is 4.93. The fourth-order valence-corrected chi connectivity index (χ4v) is 1.46. The molecular formula is C10H7Cl2KN2O. The quantitative estimate of drug-likeness (QED) is 0.740. The van der Waals surface area contributed by atoms with Crippen molar-refractivity contribution >= 4 is 23.2 Å². The van der Waals surface area contributed by atoms with Gasteiger partial charge in [0.2, 0.25) is 0 Å². The molecule has 2 rings (SSSR count). The van der Waals surface area contributed by atoms with Crippen molar-refractivity contribution in [1.29, 1.82) is 0 Å². The first-order valence-electron chi connectivity index (χ1n) is 4.18. The Morgan fingerprint density at radius 2 is 1.88 bits per heavy atom. The molecule has 0 unspecified atom stereocenters. The van der Waals surface area contributed by atoms with Crippen molar-refractivity contribution in [2.24, 2.45) is 0 Å². The molecule has 0 amide bonds. The summed E-state index contributed by atoms with van der Waals surface area (Å²) in [6.45, 7) is 0. The van der Waals surface area contributed by atoms with E-state index in [1.54, 1.807) is 24.3 Å². The molecule has 0 aliphatic carbocycles. The summed E-state index contributed by atoms with van der Waals surface area (Å²) in [5, 5.41) is 7.18. The van der Waals surface area contributed by atoms with Crippen LogP contribution in [0.2, 0.25) is 10.0 Å². The Morgan fingerprint density at radius 1 is 1.12 bits per heavy atom.